The number of carbonyl (C=O) groups is 1. The quantitative estimate of drug-likeness (QED) is 0.941. The molecule has 6 heteroatoms. The highest BCUT2D eigenvalue weighted by Crippen LogP contribution is 2.32. The zero-order chi connectivity index (χ0) is 16.4. The van der Waals surface area contributed by atoms with Crippen molar-refractivity contribution in [2.45, 2.75) is 33.4 Å². The van der Waals surface area contributed by atoms with Crippen LogP contribution in [0.5, 0.6) is 11.5 Å². The molecule has 2 heterocycles. The van der Waals surface area contributed by atoms with Crippen molar-refractivity contribution >= 4 is 5.91 Å². The van der Waals surface area contributed by atoms with E-state index in [1.807, 2.05) is 10.8 Å². The summed E-state index contributed by atoms with van der Waals surface area (Å²) < 4.78 is 12.6. The number of benzene rings is 1. The maximum Gasteiger partial charge on any atom is 0.251 e. The predicted octanol–water partition coefficient (Wildman–Crippen LogP) is 2.46. The number of hydrogen-bond donors (Lipinski definition) is 1. The molecule has 1 aliphatic heterocycles. The summed E-state index contributed by atoms with van der Waals surface area (Å²) >= 11 is 0. The van der Waals surface area contributed by atoms with Crippen molar-refractivity contribution in [3.8, 4) is 11.5 Å². The summed E-state index contributed by atoms with van der Waals surface area (Å²) in [5.41, 5.74) is 0.477. The summed E-state index contributed by atoms with van der Waals surface area (Å²) in [6.45, 7) is 7.18. The number of hydrogen-bond acceptors (Lipinski definition) is 4. The Morgan fingerprint density at radius 2 is 2.13 bits per heavy atom. The Balaban J connectivity index is 1.75. The van der Waals surface area contributed by atoms with E-state index in [1.54, 1.807) is 30.7 Å². The molecule has 1 aromatic heterocycles. The van der Waals surface area contributed by atoms with Crippen molar-refractivity contribution in [1.29, 1.82) is 0 Å². The van der Waals surface area contributed by atoms with Gasteiger partial charge in [0, 0.05) is 24.5 Å². The van der Waals surface area contributed by atoms with Crippen LogP contribution < -0.4 is 14.8 Å². The fraction of sp³-hybridized carbons (Fsp3) is 0.412. The van der Waals surface area contributed by atoms with Gasteiger partial charge in [0.1, 0.15) is 0 Å². The number of amides is 1. The molecule has 1 aromatic carbocycles. The Kier molecular flexibility index (Phi) is 3.98. The van der Waals surface area contributed by atoms with Gasteiger partial charge < -0.3 is 19.4 Å². The van der Waals surface area contributed by atoms with Crippen LogP contribution in [0.15, 0.2) is 36.9 Å². The lowest BCUT2D eigenvalue weighted by Crippen LogP contribution is -2.46. The molecule has 1 unspecified atom stereocenters. The van der Waals surface area contributed by atoms with Crippen LogP contribution in [0.25, 0.3) is 0 Å². The van der Waals surface area contributed by atoms with E-state index in [0.717, 1.165) is 0 Å². The summed E-state index contributed by atoms with van der Waals surface area (Å²) in [7, 11) is 0. The van der Waals surface area contributed by atoms with Crippen LogP contribution >= 0.6 is 0 Å². The van der Waals surface area contributed by atoms with E-state index < -0.39 is 0 Å². The highest BCUT2D eigenvalue weighted by Gasteiger charge is 2.27. The zero-order valence-electron chi connectivity index (χ0n) is 13.6. The minimum Gasteiger partial charge on any atom is -0.454 e. The molecule has 1 N–H and O–H groups in total. The van der Waals surface area contributed by atoms with Crippen LogP contribution in [0.1, 0.15) is 31.1 Å². The molecule has 0 saturated carbocycles. The van der Waals surface area contributed by atoms with Gasteiger partial charge in [-0.15, -0.1) is 0 Å². The molecule has 0 saturated heterocycles. The van der Waals surface area contributed by atoms with Crippen molar-refractivity contribution in [1.82, 2.24) is 14.9 Å². The Bertz CT molecular complexity index is 690. The molecule has 3 rings (SSSR count). The molecule has 122 valence electrons. The van der Waals surface area contributed by atoms with E-state index in [1.165, 1.54) is 0 Å². The average Bonchev–Trinajstić information content (AvgIpc) is 3.15. The third kappa shape index (κ3) is 3.47. The zero-order valence-corrected chi connectivity index (χ0v) is 13.6. The van der Waals surface area contributed by atoms with Crippen LogP contribution in [0.4, 0.5) is 0 Å². The maximum absolute atomic E-state index is 12.6. The van der Waals surface area contributed by atoms with Gasteiger partial charge in [-0.1, -0.05) is 20.8 Å². The second-order valence-corrected chi connectivity index (χ2v) is 6.72. The largest absolute Gasteiger partial charge is 0.454 e. The summed E-state index contributed by atoms with van der Waals surface area (Å²) in [6.07, 6.45) is 5.39. The van der Waals surface area contributed by atoms with Crippen molar-refractivity contribution < 1.29 is 14.3 Å². The lowest BCUT2D eigenvalue weighted by molar-refractivity contribution is 0.0892. The first-order chi connectivity index (χ1) is 10.9. The molecule has 2 aromatic rings. The van der Waals surface area contributed by atoms with Gasteiger partial charge in [0.2, 0.25) is 6.79 Å². The minimum absolute atomic E-state index is 0.0328. The molecule has 6 nitrogen and oxygen atoms in total. The lowest BCUT2D eigenvalue weighted by atomic mass is 9.86. The molecule has 0 radical (unpaired) electrons. The fourth-order valence-electron chi connectivity index (χ4n) is 2.42. The van der Waals surface area contributed by atoms with Crippen molar-refractivity contribution in [2.24, 2.45) is 5.41 Å². The summed E-state index contributed by atoms with van der Waals surface area (Å²) in [5, 5.41) is 3.12. The number of fused-ring (bicyclic) bond motifs is 1. The summed E-state index contributed by atoms with van der Waals surface area (Å²) in [4.78, 5) is 16.7. The first-order valence-electron chi connectivity index (χ1n) is 7.60. The van der Waals surface area contributed by atoms with Gasteiger partial charge in [-0.2, -0.15) is 0 Å². The standard InChI is InChI=1S/C17H21N3O3/c1-17(2,3)15(9-20-7-6-18-10-20)19-16(21)12-4-5-13-14(8-12)23-11-22-13/h4-8,10,15H,9,11H2,1-3H3,(H,19,21). The van der Waals surface area contributed by atoms with Gasteiger partial charge >= 0.3 is 0 Å². The fourth-order valence-corrected chi connectivity index (χ4v) is 2.42. The number of ether oxygens (including phenoxy) is 2. The molecule has 0 bridgehead atoms. The van der Waals surface area contributed by atoms with Crippen molar-refractivity contribution in [3.63, 3.8) is 0 Å². The Labute approximate surface area is 135 Å². The second kappa shape index (κ2) is 5.95. The molecule has 23 heavy (non-hydrogen) atoms. The molecule has 0 spiro atoms. The van der Waals surface area contributed by atoms with Crippen LogP contribution in [0, 0.1) is 5.41 Å². The number of nitrogens with zero attached hydrogens (tertiary/aromatic N) is 2. The van der Waals surface area contributed by atoms with Crippen LogP contribution in [0.3, 0.4) is 0 Å². The van der Waals surface area contributed by atoms with Crippen LogP contribution in [-0.4, -0.2) is 28.3 Å². The average molecular weight is 315 g/mol. The normalized spacial score (nSPS) is 14.6. The van der Waals surface area contributed by atoms with E-state index in [4.69, 9.17) is 9.47 Å². The van der Waals surface area contributed by atoms with Gasteiger partial charge in [-0.05, 0) is 23.6 Å². The lowest BCUT2D eigenvalue weighted by Gasteiger charge is -2.31. The minimum atomic E-state index is -0.122. The highest BCUT2D eigenvalue weighted by molar-refractivity contribution is 5.95. The molecular formula is C17H21N3O3. The Morgan fingerprint density at radius 1 is 1.35 bits per heavy atom. The Morgan fingerprint density at radius 3 is 2.83 bits per heavy atom. The summed E-state index contributed by atoms with van der Waals surface area (Å²) in [6, 6.07) is 5.20. The van der Waals surface area contributed by atoms with Crippen molar-refractivity contribution in [2.75, 3.05) is 6.79 Å². The topological polar surface area (TPSA) is 65.4 Å². The number of carbonyl (C=O) groups excluding carboxylic acids is 1. The third-order valence-electron chi connectivity index (χ3n) is 3.94. The van der Waals surface area contributed by atoms with E-state index in [0.29, 0.717) is 23.6 Å². The number of aromatic nitrogens is 2. The van der Waals surface area contributed by atoms with Gasteiger partial charge in [0.15, 0.2) is 11.5 Å². The predicted molar refractivity (Wildman–Crippen MR) is 85.5 cm³/mol. The van der Waals surface area contributed by atoms with Crippen LogP contribution in [0.2, 0.25) is 0 Å². The van der Waals surface area contributed by atoms with Gasteiger partial charge in [-0.25, -0.2) is 4.98 Å². The van der Waals surface area contributed by atoms with Gasteiger partial charge in [-0.3, -0.25) is 4.79 Å². The van der Waals surface area contributed by atoms with E-state index in [9.17, 15) is 4.79 Å². The van der Waals surface area contributed by atoms with E-state index in [-0.39, 0.29) is 24.2 Å². The van der Waals surface area contributed by atoms with E-state index >= 15 is 0 Å². The van der Waals surface area contributed by atoms with Crippen LogP contribution in [-0.2, 0) is 6.54 Å². The monoisotopic (exact) mass is 315 g/mol. The van der Waals surface area contributed by atoms with Gasteiger partial charge in [0.25, 0.3) is 5.91 Å². The number of rotatable bonds is 4. The first kappa shape index (κ1) is 15.4. The Hall–Kier alpha value is -2.50. The highest BCUT2D eigenvalue weighted by atomic mass is 16.7. The first-order valence-corrected chi connectivity index (χ1v) is 7.60. The van der Waals surface area contributed by atoms with E-state index in [2.05, 4.69) is 31.1 Å². The third-order valence-corrected chi connectivity index (χ3v) is 3.94. The molecular weight excluding hydrogens is 294 g/mol. The number of nitrogens with one attached hydrogen (secondary N) is 1. The number of imidazole rings is 1. The second-order valence-electron chi connectivity index (χ2n) is 6.72. The smallest absolute Gasteiger partial charge is 0.251 e. The molecule has 0 aliphatic carbocycles. The van der Waals surface area contributed by atoms with Crippen molar-refractivity contribution in [3.05, 3.63) is 42.5 Å². The summed E-state index contributed by atoms with van der Waals surface area (Å²) in [5.74, 6) is 1.16. The molecule has 1 aliphatic rings. The SMILES string of the molecule is CC(C)(C)C(Cn1ccnc1)NC(=O)c1ccc2c(c1)OCO2. The molecule has 0 fully saturated rings. The van der Waals surface area contributed by atoms with Gasteiger partial charge in [0.05, 0.1) is 12.4 Å². The molecule has 1 atom stereocenters. The maximum atomic E-state index is 12.6. The molecule has 1 amide bonds.